The number of benzene rings is 1. The highest BCUT2D eigenvalue weighted by Crippen LogP contribution is 2.34. The summed E-state index contributed by atoms with van der Waals surface area (Å²) >= 11 is 0. The number of hydrogen-bond donors (Lipinski definition) is 1. The van der Waals surface area contributed by atoms with Crippen molar-refractivity contribution in [2.45, 2.75) is 51.5 Å². The summed E-state index contributed by atoms with van der Waals surface area (Å²) in [4.78, 5) is 21.9. The molecule has 1 unspecified atom stereocenters. The predicted molar refractivity (Wildman–Crippen MR) is 115 cm³/mol. The Balaban J connectivity index is 1.89. The van der Waals surface area contributed by atoms with Gasteiger partial charge in [0.1, 0.15) is 17.1 Å². The fraction of sp³-hybridized carbons (Fsp3) is 0.409. The molecule has 7 nitrogen and oxygen atoms in total. The molecule has 1 heterocycles. The van der Waals surface area contributed by atoms with Crippen molar-refractivity contribution in [1.82, 2.24) is 15.3 Å². The minimum absolute atomic E-state index is 0.206. The second kappa shape index (κ2) is 9.38. The van der Waals surface area contributed by atoms with Gasteiger partial charge >= 0.3 is 0 Å². The van der Waals surface area contributed by atoms with Crippen LogP contribution < -0.4 is 10.1 Å². The van der Waals surface area contributed by atoms with Crippen LogP contribution in [0.3, 0.4) is 0 Å². The number of sulfone groups is 1. The summed E-state index contributed by atoms with van der Waals surface area (Å²) in [5, 5.41) is 3.82. The molecule has 0 radical (unpaired) electrons. The average Bonchev–Trinajstić information content (AvgIpc) is 3.22. The summed E-state index contributed by atoms with van der Waals surface area (Å²) in [6.07, 6.45) is 8.37. The molecule has 1 aliphatic carbocycles. The van der Waals surface area contributed by atoms with Crippen molar-refractivity contribution in [1.29, 1.82) is 0 Å². The van der Waals surface area contributed by atoms with Gasteiger partial charge in [-0.3, -0.25) is 4.79 Å². The van der Waals surface area contributed by atoms with Crippen molar-refractivity contribution in [3.8, 4) is 11.6 Å². The highest BCUT2D eigenvalue weighted by Gasteiger charge is 2.24. The standard InChI is InChI=1S/C22H27N3O4S/c1-15-8-4-7-11-19(15)29-22-18(14-23-20(25-22)17-9-5-6-10-17)21(26)24-16(2)12-13-30(3,27)28/h4,7-8,11-14,16-17H,5-6,9-10H2,1-3H3,(H,24,26). The van der Waals surface area contributed by atoms with E-state index in [1.807, 2.05) is 31.2 Å². The molecule has 1 fully saturated rings. The minimum atomic E-state index is -3.27. The van der Waals surface area contributed by atoms with E-state index in [0.29, 0.717) is 11.6 Å². The fourth-order valence-corrected chi connectivity index (χ4v) is 3.88. The molecule has 2 aromatic rings. The zero-order valence-corrected chi connectivity index (χ0v) is 18.3. The number of carbonyl (C=O) groups is 1. The lowest BCUT2D eigenvalue weighted by Crippen LogP contribution is -2.32. The Bertz CT molecular complexity index is 1040. The van der Waals surface area contributed by atoms with Crippen LogP contribution in [-0.4, -0.2) is 36.6 Å². The Morgan fingerprint density at radius 1 is 1.27 bits per heavy atom. The van der Waals surface area contributed by atoms with Crippen LogP contribution in [0.4, 0.5) is 0 Å². The van der Waals surface area contributed by atoms with Crippen molar-refractivity contribution < 1.29 is 17.9 Å². The lowest BCUT2D eigenvalue weighted by molar-refractivity contribution is 0.0943. The van der Waals surface area contributed by atoms with Crippen LogP contribution in [-0.2, 0) is 9.84 Å². The molecule has 1 aromatic carbocycles. The molecule has 0 saturated heterocycles. The van der Waals surface area contributed by atoms with Crippen molar-refractivity contribution >= 4 is 15.7 Å². The highest BCUT2D eigenvalue weighted by molar-refractivity contribution is 7.93. The van der Waals surface area contributed by atoms with E-state index >= 15 is 0 Å². The zero-order valence-electron chi connectivity index (χ0n) is 17.5. The Morgan fingerprint density at radius 3 is 2.63 bits per heavy atom. The van der Waals surface area contributed by atoms with E-state index in [0.717, 1.165) is 42.9 Å². The maximum atomic E-state index is 12.9. The maximum Gasteiger partial charge on any atom is 0.258 e. The SMILES string of the molecule is Cc1ccccc1Oc1nc(C2CCCC2)ncc1C(=O)NC(C)C=CS(C)(=O)=O. The predicted octanol–water partition coefficient (Wildman–Crippen LogP) is 3.91. The summed E-state index contributed by atoms with van der Waals surface area (Å²) < 4.78 is 28.6. The van der Waals surface area contributed by atoms with Gasteiger partial charge in [-0.2, -0.15) is 4.98 Å². The molecule has 8 heteroatoms. The van der Waals surface area contributed by atoms with Crippen molar-refractivity contribution in [3.05, 3.63) is 58.9 Å². The monoisotopic (exact) mass is 429 g/mol. The van der Waals surface area contributed by atoms with E-state index in [1.165, 1.54) is 12.3 Å². The van der Waals surface area contributed by atoms with Gasteiger partial charge in [-0.15, -0.1) is 0 Å². The van der Waals surface area contributed by atoms with E-state index in [9.17, 15) is 13.2 Å². The van der Waals surface area contributed by atoms with Crippen LogP contribution in [0.1, 0.15) is 60.3 Å². The molecule has 1 amide bonds. The number of carbonyl (C=O) groups excluding carboxylic acids is 1. The zero-order chi connectivity index (χ0) is 21.7. The third-order valence-electron chi connectivity index (χ3n) is 5.01. The third kappa shape index (κ3) is 5.89. The molecule has 1 atom stereocenters. The number of rotatable bonds is 7. The van der Waals surface area contributed by atoms with Crippen LogP contribution in [0, 0.1) is 6.92 Å². The van der Waals surface area contributed by atoms with E-state index in [1.54, 1.807) is 6.92 Å². The van der Waals surface area contributed by atoms with Crippen molar-refractivity contribution in [3.63, 3.8) is 0 Å². The van der Waals surface area contributed by atoms with Gasteiger partial charge in [0.05, 0.1) is 0 Å². The van der Waals surface area contributed by atoms with Gasteiger partial charge in [-0.05, 0) is 38.3 Å². The normalized spacial score (nSPS) is 16.0. The highest BCUT2D eigenvalue weighted by atomic mass is 32.2. The minimum Gasteiger partial charge on any atom is -0.438 e. The Hall–Kier alpha value is -2.74. The second-order valence-electron chi connectivity index (χ2n) is 7.72. The van der Waals surface area contributed by atoms with Crippen LogP contribution in [0.5, 0.6) is 11.6 Å². The molecule has 160 valence electrons. The number of ether oxygens (including phenoxy) is 1. The molecule has 0 bridgehead atoms. The smallest absolute Gasteiger partial charge is 0.258 e. The van der Waals surface area contributed by atoms with Gasteiger partial charge in [-0.1, -0.05) is 37.1 Å². The quantitative estimate of drug-likeness (QED) is 0.716. The van der Waals surface area contributed by atoms with Crippen molar-refractivity contribution in [2.75, 3.05) is 6.26 Å². The first-order chi connectivity index (χ1) is 14.2. The first kappa shape index (κ1) is 22.0. The molecule has 1 aromatic heterocycles. The number of aryl methyl sites for hydroxylation is 1. The maximum absolute atomic E-state index is 12.9. The molecule has 3 rings (SSSR count). The molecule has 0 aliphatic heterocycles. The number of para-hydroxylation sites is 1. The van der Waals surface area contributed by atoms with Gasteiger partial charge in [0, 0.05) is 29.8 Å². The lowest BCUT2D eigenvalue weighted by atomic mass is 10.1. The van der Waals surface area contributed by atoms with Crippen LogP contribution in [0.25, 0.3) is 0 Å². The number of aromatic nitrogens is 2. The Kier molecular flexibility index (Phi) is 6.87. The van der Waals surface area contributed by atoms with Crippen molar-refractivity contribution in [2.24, 2.45) is 0 Å². The number of nitrogens with zero attached hydrogens (tertiary/aromatic N) is 2. The Labute approximate surface area is 177 Å². The molecule has 1 N–H and O–H groups in total. The molecule has 0 spiro atoms. The first-order valence-electron chi connectivity index (χ1n) is 10.0. The summed E-state index contributed by atoms with van der Waals surface area (Å²) in [7, 11) is -3.27. The summed E-state index contributed by atoms with van der Waals surface area (Å²) in [6.45, 7) is 3.61. The number of hydrogen-bond acceptors (Lipinski definition) is 6. The lowest BCUT2D eigenvalue weighted by Gasteiger charge is -2.16. The Morgan fingerprint density at radius 2 is 1.97 bits per heavy atom. The van der Waals surface area contributed by atoms with Gasteiger partial charge in [0.25, 0.3) is 5.91 Å². The first-order valence-corrected chi connectivity index (χ1v) is 12.0. The molecular weight excluding hydrogens is 402 g/mol. The van der Waals surface area contributed by atoms with Gasteiger partial charge in [-0.25, -0.2) is 13.4 Å². The van der Waals surface area contributed by atoms with Crippen LogP contribution in [0.2, 0.25) is 0 Å². The summed E-state index contributed by atoms with van der Waals surface area (Å²) in [6, 6.07) is 7.03. The third-order valence-corrected chi connectivity index (χ3v) is 5.66. The van der Waals surface area contributed by atoms with E-state index < -0.39 is 21.8 Å². The second-order valence-corrected chi connectivity index (χ2v) is 9.65. The average molecular weight is 430 g/mol. The van der Waals surface area contributed by atoms with E-state index in [-0.39, 0.29) is 17.4 Å². The fourth-order valence-electron chi connectivity index (χ4n) is 3.36. The van der Waals surface area contributed by atoms with E-state index in [4.69, 9.17) is 4.74 Å². The summed E-state index contributed by atoms with van der Waals surface area (Å²) in [5.74, 6) is 1.36. The van der Waals surface area contributed by atoms with Crippen LogP contribution >= 0.6 is 0 Å². The molecule has 30 heavy (non-hydrogen) atoms. The molecule has 1 aliphatic rings. The van der Waals surface area contributed by atoms with Gasteiger partial charge in [0.2, 0.25) is 5.88 Å². The number of nitrogens with one attached hydrogen (secondary N) is 1. The van der Waals surface area contributed by atoms with E-state index in [2.05, 4.69) is 15.3 Å². The molecular formula is C22H27N3O4S. The van der Waals surface area contributed by atoms with Gasteiger partial charge in [0.15, 0.2) is 9.84 Å². The number of amides is 1. The van der Waals surface area contributed by atoms with Crippen LogP contribution in [0.15, 0.2) is 41.9 Å². The topological polar surface area (TPSA) is 98.2 Å². The largest absolute Gasteiger partial charge is 0.438 e. The molecule has 1 saturated carbocycles. The summed E-state index contributed by atoms with van der Waals surface area (Å²) in [5.41, 5.74) is 1.13. The van der Waals surface area contributed by atoms with Gasteiger partial charge < -0.3 is 10.1 Å².